The maximum Gasteiger partial charge on any atom is 0.238 e. The molecule has 1 heterocycles. The average molecular weight is 480 g/mol. The molecular formula is C27H30ClN3O3. The van der Waals surface area contributed by atoms with Crippen molar-refractivity contribution >= 4 is 28.9 Å². The predicted octanol–water partition coefficient (Wildman–Crippen LogP) is 4.43. The van der Waals surface area contributed by atoms with Gasteiger partial charge in [-0.05, 0) is 48.2 Å². The largest absolute Gasteiger partial charge is 0.392 e. The third-order valence-corrected chi connectivity index (χ3v) is 6.57. The number of halogens is 1. The number of piperidine rings is 1. The van der Waals surface area contributed by atoms with Gasteiger partial charge in [-0.2, -0.15) is 0 Å². The number of nitrogens with one attached hydrogen (secondary N) is 2. The SMILES string of the molecule is O=C(CN1CCC(Nc2cccc(Cl)c2CO)CC1)Nc1ccc(C(O)c2ccccc2)cc1. The molecule has 0 saturated carbocycles. The summed E-state index contributed by atoms with van der Waals surface area (Å²) in [5, 5.41) is 27.1. The summed E-state index contributed by atoms with van der Waals surface area (Å²) in [6, 6.07) is 22.6. The smallest absolute Gasteiger partial charge is 0.238 e. The molecule has 1 aliphatic rings. The normalized spacial score (nSPS) is 15.6. The number of anilines is 2. The Morgan fingerprint density at radius 2 is 1.65 bits per heavy atom. The number of benzene rings is 3. The number of rotatable bonds is 8. The molecule has 7 heteroatoms. The molecule has 1 amide bonds. The van der Waals surface area contributed by atoms with Crippen molar-refractivity contribution in [2.24, 2.45) is 0 Å². The van der Waals surface area contributed by atoms with Crippen LogP contribution in [0.15, 0.2) is 72.8 Å². The fraction of sp³-hybridized carbons (Fsp3) is 0.296. The van der Waals surface area contributed by atoms with Crippen molar-refractivity contribution < 1.29 is 15.0 Å². The summed E-state index contributed by atoms with van der Waals surface area (Å²) in [5.74, 6) is -0.0554. The van der Waals surface area contributed by atoms with Crippen LogP contribution in [-0.4, -0.2) is 46.7 Å². The van der Waals surface area contributed by atoms with Crippen LogP contribution in [0.4, 0.5) is 11.4 Å². The zero-order valence-corrected chi connectivity index (χ0v) is 19.7. The van der Waals surface area contributed by atoms with Crippen LogP contribution in [0.5, 0.6) is 0 Å². The van der Waals surface area contributed by atoms with E-state index in [0.717, 1.165) is 42.7 Å². The Hall–Kier alpha value is -2.90. The molecule has 0 bridgehead atoms. The van der Waals surface area contributed by atoms with E-state index in [2.05, 4.69) is 15.5 Å². The molecule has 34 heavy (non-hydrogen) atoms. The monoisotopic (exact) mass is 479 g/mol. The van der Waals surface area contributed by atoms with Crippen molar-refractivity contribution in [1.82, 2.24) is 4.90 Å². The number of amides is 1. The molecule has 0 aliphatic carbocycles. The number of nitrogens with zero attached hydrogens (tertiary/aromatic N) is 1. The van der Waals surface area contributed by atoms with Crippen LogP contribution in [0.1, 0.15) is 35.6 Å². The number of carbonyl (C=O) groups is 1. The number of aliphatic hydroxyl groups is 2. The fourth-order valence-electron chi connectivity index (χ4n) is 4.29. The molecule has 1 unspecified atom stereocenters. The van der Waals surface area contributed by atoms with Crippen LogP contribution in [-0.2, 0) is 11.4 Å². The van der Waals surface area contributed by atoms with Crippen molar-refractivity contribution in [2.75, 3.05) is 30.3 Å². The summed E-state index contributed by atoms with van der Waals surface area (Å²) in [6.07, 6.45) is 1.11. The minimum atomic E-state index is -0.693. The van der Waals surface area contributed by atoms with E-state index in [1.165, 1.54) is 0 Å². The molecule has 0 aromatic heterocycles. The van der Waals surface area contributed by atoms with Crippen LogP contribution in [0.3, 0.4) is 0 Å². The Morgan fingerprint density at radius 3 is 2.32 bits per heavy atom. The summed E-state index contributed by atoms with van der Waals surface area (Å²) in [5.41, 5.74) is 3.91. The van der Waals surface area contributed by atoms with Gasteiger partial charge >= 0.3 is 0 Å². The van der Waals surface area contributed by atoms with Gasteiger partial charge in [0.25, 0.3) is 0 Å². The van der Waals surface area contributed by atoms with Gasteiger partial charge in [0.1, 0.15) is 6.10 Å². The Bertz CT molecular complexity index is 1080. The second-order valence-corrected chi connectivity index (χ2v) is 9.01. The zero-order chi connectivity index (χ0) is 23.9. The van der Waals surface area contributed by atoms with Crippen molar-refractivity contribution in [2.45, 2.75) is 31.6 Å². The van der Waals surface area contributed by atoms with Crippen LogP contribution in [0, 0.1) is 0 Å². The summed E-state index contributed by atoms with van der Waals surface area (Å²) in [7, 11) is 0. The number of hydrogen-bond donors (Lipinski definition) is 4. The highest BCUT2D eigenvalue weighted by molar-refractivity contribution is 6.31. The van der Waals surface area contributed by atoms with Gasteiger partial charge in [0.05, 0.1) is 13.2 Å². The van der Waals surface area contributed by atoms with Gasteiger partial charge in [0.2, 0.25) is 5.91 Å². The lowest BCUT2D eigenvalue weighted by molar-refractivity contribution is -0.117. The Kier molecular flexibility index (Phi) is 8.19. The summed E-state index contributed by atoms with van der Waals surface area (Å²) in [4.78, 5) is 14.7. The molecule has 4 rings (SSSR count). The van der Waals surface area contributed by atoms with Crippen LogP contribution in [0.2, 0.25) is 5.02 Å². The minimum absolute atomic E-state index is 0.0554. The van der Waals surface area contributed by atoms with Crippen molar-refractivity contribution in [1.29, 1.82) is 0 Å². The van der Waals surface area contributed by atoms with Gasteiger partial charge in [0.15, 0.2) is 0 Å². The van der Waals surface area contributed by atoms with E-state index in [1.54, 1.807) is 6.07 Å². The molecule has 1 aliphatic heterocycles. The van der Waals surface area contributed by atoms with E-state index in [0.29, 0.717) is 22.8 Å². The zero-order valence-electron chi connectivity index (χ0n) is 19.0. The Morgan fingerprint density at radius 1 is 0.971 bits per heavy atom. The molecule has 0 spiro atoms. The van der Waals surface area contributed by atoms with Gasteiger partial charge < -0.3 is 20.8 Å². The molecule has 1 saturated heterocycles. The van der Waals surface area contributed by atoms with Crippen LogP contribution >= 0.6 is 11.6 Å². The maximum absolute atomic E-state index is 12.6. The maximum atomic E-state index is 12.6. The predicted molar refractivity (Wildman–Crippen MR) is 136 cm³/mol. The lowest BCUT2D eigenvalue weighted by Gasteiger charge is -2.32. The number of carbonyl (C=O) groups excluding carboxylic acids is 1. The number of aliphatic hydroxyl groups excluding tert-OH is 2. The summed E-state index contributed by atoms with van der Waals surface area (Å²) >= 11 is 6.18. The van der Waals surface area contributed by atoms with Gasteiger partial charge in [0, 0.05) is 41.1 Å². The standard InChI is InChI=1S/C27H30ClN3O3/c28-24-7-4-8-25(23(24)18-32)29-22-13-15-31(16-14-22)17-26(33)30-21-11-9-20(10-12-21)27(34)19-5-2-1-3-6-19/h1-12,22,27,29,32,34H,13-18H2,(H,30,33). The fourth-order valence-corrected chi connectivity index (χ4v) is 4.52. The van der Waals surface area contributed by atoms with Crippen LogP contribution < -0.4 is 10.6 Å². The molecule has 3 aromatic carbocycles. The van der Waals surface area contributed by atoms with E-state index in [9.17, 15) is 15.0 Å². The van der Waals surface area contributed by atoms with Crippen molar-refractivity contribution in [3.63, 3.8) is 0 Å². The van der Waals surface area contributed by atoms with Gasteiger partial charge in [-0.25, -0.2) is 0 Å². The first-order valence-electron chi connectivity index (χ1n) is 11.5. The molecule has 0 radical (unpaired) electrons. The van der Waals surface area contributed by atoms with E-state index in [-0.39, 0.29) is 18.6 Å². The van der Waals surface area contributed by atoms with E-state index < -0.39 is 6.10 Å². The molecule has 1 atom stereocenters. The van der Waals surface area contributed by atoms with Gasteiger partial charge in [-0.1, -0.05) is 60.1 Å². The second-order valence-electron chi connectivity index (χ2n) is 8.60. The number of hydrogen-bond acceptors (Lipinski definition) is 5. The average Bonchev–Trinajstić information content (AvgIpc) is 2.86. The highest BCUT2D eigenvalue weighted by Crippen LogP contribution is 2.27. The van der Waals surface area contributed by atoms with Crippen molar-refractivity contribution in [3.05, 3.63) is 94.5 Å². The first-order valence-corrected chi connectivity index (χ1v) is 11.9. The summed E-state index contributed by atoms with van der Waals surface area (Å²) < 4.78 is 0. The summed E-state index contributed by atoms with van der Waals surface area (Å²) in [6.45, 7) is 1.85. The second kappa shape index (κ2) is 11.5. The Balaban J connectivity index is 1.24. The highest BCUT2D eigenvalue weighted by Gasteiger charge is 2.22. The molecular weight excluding hydrogens is 450 g/mol. The van der Waals surface area contributed by atoms with E-state index in [1.807, 2.05) is 66.7 Å². The first-order chi connectivity index (χ1) is 16.5. The van der Waals surface area contributed by atoms with E-state index >= 15 is 0 Å². The van der Waals surface area contributed by atoms with Crippen molar-refractivity contribution in [3.8, 4) is 0 Å². The minimum Gasteiger partial charge on any atom is -0.392 e. The first kappa shape index (κ1) is 24.2. The lowest BCUT2D eigenvalue weighted by Crippen LogP contribution is -2.42. The van der Waals surface area contributed by atoms with Gasteiger partial charge in [-0.15, -0.1) is 0 Å². The molecule has 3 aromatic rings. The van der Waals surface area contributed by atoms with Crippen LogP contribution in [0.25, 0.3) is 0 Å². The molecule has 6 nitrogen and oxygen atoms in total. The lowest BCUT2D eigenvalue weighted by atomic mass is 10.0. The Labute approximate surface area is 205 Å². The molecule has 178 valence electrons. The topological polar surface area (TPSA) is 84.8 Å². The van der Waals surface area contributed by atoms with E-state index in [4.69, 9.17) is 11.6 Å². The highest BCUT2D eigenvalue weighted by atomic mass is 35.5. The van der Waals surface area contributed by atoms with Gasteiger partial charge in [-0.3, -0.25) is 9.69 Å². The molecule has 1 fully saturated rings. The quantitative estimate of drug-likeness (QED) is 0.384. The number of likely N-dealkylation sites (tertiary alicyclic amines) is 1. The molecule has 4 N–H and O–H groups in total. The third-order valence-electron chi connectivity index (χ3n) is 6.22. The third kappa shape index (κ3) is 6.15.